The van der Waals surface area contributed by atoms with Crippen LogP contribution in [0.25, 0.3) is 0 Å². The van der Waals surface area contributed by atoms with Crippen molar-refractivity contribution >= 4 is 35.6 Å². The minimum atomic E-state index is 0. The van der Waals surface area contributed by atoms with E-state index in [1.807, 2.05) is 12.1 Å². The monoisotopic (exact) mass is 288 g/mol. The summed E-state index contributed by atoms with van der Waals surface area (Å²) in [4.78, 5) is 14.0. The predicted octanol–water partition coefficient (Wildman–Crippen LogP) is 3.19. The maximum atomic E-state index is 11.7. The standard InChI is InChI=1S/C13H17ClN2O.ClH/c14-11-4-3-5-12(10-11)15-13(17)6-9-16-7-1-2-8-16;/h3-5,10H,1-2,6-9H2,(H,15,17);1H. The number of nitrogens with one attached hydrogen (secondary N) is 1. The molecule has 1 N–H and O–H groups in total. The van der Waals surface area contributed by atoms with Crippen LogP contribution in [0.3, 0.4) is 0 Å². The van der Waals surface area contributed by atoms with Crippen LogP contribution in [0.5, 0.6) is 0 Å². The van der Waals surface area contributed by atoms with E-state index in [2.05, 4.69) is 10.2 Å². The van der Waals surface area contributed by atoms with Crippen LogP contribution >= 0.6 is 24.0 Å². The van der Waals surface area contributed by atoms with Crippen LogP contribution in [0.2, 0.25) is 5.02 Å². The van der Waals surface area contributed by atoms with Crippen molar-refractivity contribution in [2.45, 2.75) is 19.3 Å². The topological polar surface area (TPSA) is 32.3 Å². The summed E-state index contributed by atoms with van der Waals surface area (Å²) in [5.41, 5.74) is 0.768. The van der Waals surface area contributed by atoms with Gasteiger partial charge >= 0.3 is 0 Å². The normalized spacial score (nSPS) is 15.2. The summed E-state index contributed by atoms with van der Waals surface area (Å²) in [7, 11) is 0. The van der Waals surface area contributed by atoms with Crippen molar-refractivity contribution in [2.24, 2.45) is 0 Å². The van der Waals surface area contributed by atoms with E-state index in [1.165, 1.54) is 12.8 Å². The van der Waals surface area contributed by atoms with Gasteiger partial charge in [-0.3, -0.25) is 4.79 Å². The molecule has 0 aromatic heterocycles. The Labute approximate surface area is 119 Å². The fourth-order valence-corrected chi connectivity index (χ4v) is 2.25. The van der Waals surface area contributed by atoms with Crippen LogP contribution in [0.1, 0.15) is 19.3 Å². The predicted molar refractivity (Wildman–Crippen MR) is 77.6 cm³/mol. The van der Waals surface area contributed by atoms with Gasteiger partial charge in [-0.15, -0.1) is 12.4 Å². The van der Waals surface area contributed by atoms with Crippen LogP contribution in [0.15, 0.2) is 24.3 Å². The van der Waals surface area contributed by atoms with Crippen molar-refractivity contribution in [3.05, 3.63) is 29.3 Å². The lowest BCUT2D eigenvalue weighted by Crippen LogP contribution is -2.25. The van der Waals surface area contributed by atoms with Crippen LogP contribution in [-0.4, -0.2) is 30.4 Å². The summed E-state index contributed by atoms with van der Waals surface area (Å²) in [6.07, 6.45) is 3.07. The van der Waals surface area contributed by atoms with Gasteiger partial charge in [-0.1, -0.05) is 17.7 Å². The number of carbonyl (C=O) groups excluding carboxylic acids is 1. The number of anilines is 1. The Bertz CT molecular complexity index is 392. The van der Waals surface area contributed by atoms with Gasteiger partial charge in [-0.2, -0.15) is 0 Å². The highest BCUT2D eigenvalue weighted by Crippen LogP contribution is 2.15. The zero-order chi connectivity index (χ0) is 12.1. The van der Waals surface area contributed by atoms with E-state index < -0.39 is 0 Å². The van der Waals surface area contributed by atoms with Crippen molar-refractivity contribution in [2.75, 3.05) is 25.0 Å². The lowest BCUT2D eigenvalue weighted by molar-refractivity contribution is -0.116. The fraction of sp³-hybridized carbons (Fsp3) is 0.462. The van der Waals surface area contributed by atoms with Gasteiger partial charge in [-0.25, -0.2) is 0 Å². The summed E-state index contributed by atoms with van der Waals surface area (Å²) in [5.74, 6) is 0.0548. The van der Waals surface area contributed by atoms with E-state index in [-0.39, 0.29) is 18.3 Å². The number of likely N-dealkylation sites (tertiary alicyclic amines) is 1. The van der Waals surface area contributed by atoms with Crippen molar-refractivity contribution in [1.29, 1.82) is 0 Å². The van der Waals surface area contributed by atoms with Gasteiger partial charge in [0.2, 0.25) is 5.91 Å². The molecule has 0 unspecified atom stereocenters. The highest BCUT2D eigenvalue weighted by molar-refractivity contribution is 6.30. The Morgan fingerprint density at radius 1 is 1.33 bits per heavy atom. The summed E-state index contributed by atoms with van der Waals surface area (Å²) in [6.45, 7) is 3.11. The molecular formula is C13H18Cl2N2O. The second-order valence-corrected chi connectivity index (χ2v) is 4.79. The number of benzene rings is 1. The van der Waals surface area contributed by atoms with Crippen LogP contribution in [-0.2, 0) is 4.79 Å². The number of nitrogens with zero attached hydrogens (tertiary/aromatic N) is 1. The summed E-state index contributed by atoms with van der Waals surface area (Å²) in [6, 6.07) is 7.23. The number of amides is 1. The molecule has 5 heteroatoms. The molecule has 0 saturated carbocycles. The van der Waals surface area contributed by atoms with E-state index in [0.717, 1.165) is 25.3 Å². The number of carbonyl (C=O) groups is 1. The lowest BCUT2D eigenvalue weighted by Gasteiger charge is -2.13. The van der Waals surface area contributed by atoms with E-state index >= 15 is 0 Å². The van der Waals surface area contributed by atoms with E-state index in [0.29, 0.717) is 11.4 Å². The smallest absolute Gasteiger partial charge is 0.225 e. The molecule has 0 atom stereocenters. The first-order valence-electron chi connectivity index (χ1n) is 6.02. The summed E-state index contributed by atoms with van der Waals surface area (Å²) in [5, 5.41) is 3.50. The van der Waals surface area contributed by atoms with Gasteiger partial charge < -0.3 is 10.2 Å². The fourth-order valence-electron chi connectivity index (χ4n) is 2.06. The molecule has 1 heterocycles. The minimum absolute atomic E-state index is 0. The Morgan fingerprint density at radius 2 is 2.06 bits per heavy atom. The van der Waals surface area contributed by atoms with Gasteiger partial charge in [0, 0.05) is 23.7 Å². The molecule has 1 aliphatic heterocycles. The average Bonchev–Trinajstić information content (AvgIpc) is 2.79. The molecule has 1 aromatic carbocycles. The van der Waals surface area contributed by atoms with E-state index in [1.54, 1.807) is 12.1 Å². The molecule has 3 nitrogen and oxygen atoms in total. The first kappa shape index (κ1) is 15.3. The molecule has 0 bridgehead atoms. The summed E-state index contributed by atoms with van der Waals surface area (Å²) >= 11 is 5.85. The van der Waals surface area contributed by atoms with Crippen LogP contribution in [0, 0.1) is 0 Å². The lowest BCUT2D eigenvalue weighted by atomic mass is 10.3. The third-order valence-corrected chi connectivity index (χ3v) is 3.20. The maximum absolute atomic E-state index is 11.7. The molecule has 1 fully saturated rings. The maximum Gasteiger partial charge on any atom is 0.225 e. The molecular weight excluding hydrogens is 271 g/mol. The van der Waals surface area contributed by atoms with Crippen molar-refractivity contribution in [3.63, 3.8) is 0 Å². The number of hydrogen-bond acceptors (Lipinski definition) is 2. The van der Waals surface area contributed by atoms with Gasteiger partial charge in [0.1, 0.15) is 0 Å². The van der Waals surface area contributed by atoms with Crippen molar-refractivity contribution in [1.82, 2.24) is 4.90 Å². The minimum Gasteiger partial charge on any atom is -0.326 e. The molecule has 100 valence electrons. The Hall–Kier alpha value is -0.770. The van der Waals surface area contributed by atoms with E-state index in [4.69, 9.17) is 11.6 Å². The average molecular weight is 289 g/mol. The van der Waals surface area contributed by atoms with Gasteiger partial charge in [-0.05, 0) is 44.1 Å². The number of hydrogen-bond donors (Lipinski definition) is 1. The van der Waals surface area contributed by atoms with Gasteiger partial charge in [0.25, 0.3) is 0 Å². The second kappa shape index (κ2) is 7.62. The largest absolute Gasteiger partial charge is 0.326 e. The number of rotatable bonds is 4. The number of halogens is 2. The zero-order valence-corrected chi connectivity index (χ0v) is 11.8. The second-order valence-electron chi connectivity index (χ2n) is 4.36. The molecule has 1 aliphatic rings. The zero-order valence-electron chi connectivity index (χ0n) is 10.2. The molecule has 0 spiro atoms. The molecule has 2 rings (SSSR count). The van der Waals surface area contributed by atoms with Gasteiger partial charge in [0.15, 0.2) is 0 Å². The highest BCUT2D eigenvalue weighted by atomic mass is 35.5. The Balaban J connectivity index is 0.00000162. The van der Waals surface area contributed by atoms with Crippen molar-refractivity contribution < 1.29 is 4.79 Å². The molecule has 1 amide bonds. The quantitative estimate of drug-likeness (QED) is 0.923. The van der Waals surface area contributed by atoms with Gasteiger partial charge in [0.05, 0.1) is 0 Å². The Kier molecular flexibility index (Phi) is 6.47. The molecule has 1 aromatic rings. The third kappa shape index (κ3) is 4.84. The SMILES string of the molecule is Cl.O=C(CCN1CCCC1)Nc1cccc(Cl)c1. The first-order chi connectivity index (χ1) is 8.24. The Morgan fingerprint density at radius 3 is 2.72 bits per heavy atom. The molecule has 1 saturated heterocycles. The van der Waals surface area contributed by atoms with Crippen LogP contribution < -0.4 is 5.32 Å². The highest BCUT2D eigenvalue weighted by Gasteiger charge is 2.12. The summed E-state index contributed by atoms with van der Waals surface area (Å²) < 4.78 is 0. The van der Waals surface area contributed by atoms with Crippen LogP contribution in [0.4, 0.5) is 5.69 Å². The van der Waals surface area contributed by atoms with Crippen molar-refractivity contribution in [3.8, 4) is 0 Å². The molecule has 0 aliphatic carbocycles. The first-order valence-corrected chi connectivity index (χ1v) is 6.39. The third-order valence-electron chi connectivity index (χ3n) is 2.96. The molecule has 0 radical (unpaired) electrons. The molecule has 18 heavy (non-hydrogen) atoms. The van der Waals surface area contributed by atoms with E-state index in [9.17, 15) is 4.79 Å².